The molecule has 0 heterocycles. The molecule has 0 fully saturated rings. The van der Waals surface area contributed by atoms with Gasteiger partial charge in [0, 0.05) is 10.6 Å². The Morgan fingerprint density at radius 3 is 2.32 bits per heavy atom. The molecule has 0 amide bonds. The summed E-state index contributed by atoms with van der Waals surface area (Å²) >= 11 is 5.75. The maximum atomic E-state index is 11.9. The van der Waals surface area contributed by atoms with Gasteiger partial charge < -0.3 is 9.47 Å². The molecule has 0 saturated carbocycles. The molecule has 22 heavy (non-hydrogen) atoms. The lowest BCUT2D eigenvalue weighted by molar-refractivity contribution is -0.149. The van der Waals surface area contributed by atoms with Crippen LogP contribution in [0.5, 0.6) is 5.75 Å². The van der Waals surface area contributed by atoms with Crippen molar-refractivity contribution in [1.82, 2.24) is 0 Å². The largest absolute Gasteiger partial charge is 0.479 e. The van der Waals surface area contributed by atoms with Crippen molar-refractivity contribution in [2.24, 2.45) is 0 Å². The lowest BCUT2D eigenvalue weighted by Crippen LogP contribution is -2.28. The fourth-order valence-electron chi connectivity index (χ4n) is 1.72. The summed E-state index contributed by atoms with van der Waals surface area (Å²) in [5.41, 5.74) is 0.439. The molecule has 0 spiro atoms. The number of rotatable bonds is 6. The standard InChI is InChI=1S/C17H15ClO4/c1-12(22-15-5-3-2-4-6-15)17(20)21-11-16(19)13-7-9-14(18)10-8-13/h2-10,12H,11H2,1H3/t12-/m1/s1. The van der Waals surface area contributed by atoms with Gasteiger partial charge in [0.25, 0.3) is 0 Å². The monoisotopic (exact) mass is 318 g/mol. The van der Waals surface area contributed by atoms with Crippen molar-refractivity contribution >= 4 is 23.4 Å². The Labute approximate surface area is 133 Å². The van der Waals surface area contributed by atoms with Crippen LogP contribution in [0.3, 0.4) is 0 Å². The Balaban J connectivity index is 1.84. The molecule has 0 saturated heterocycles. The van der Waals surface area contributed by atoms with Crippen molar-refractivity contribution in [3.63, 3.8) is 0 Å². The highest BCUT2D eigenvalue weighted by molar-refractivity contribution is 6.30. The summed E-state index contributed by atoms with van der Waals surface area (Å²) in [5.74, 6) is -0.320. The molecular weight excluding hydrogens is 304 g/mol. The smallest absolute Gasteiger partial charge is 0.347 e. The van der Waals surface area contributed by atoms with Gasteiger partial charge in [0.2, 0.25) is 0 Å². The lowest BCUT2D eigenvalue weighted by atomic mass is 10.1. The molecule has 2 aromatic rings. The summed E-state index contributed by atoms with van der Waals surface area (Å²) < 4.78 is 10.4. The molecular formula is C17H15ClO4. The third kappa shape index (κ3) is 4.60. The van der Waals surface area contributed by atoms with Crippen molar-refractivity contribution in [3.8, 4) is 5.75 Å². The molecule has 1 atom stereocenters. The first-order chi connectivity index (χ1) is 10.6. The second-order valence-corrected chi connectivity index (χ2v) is 5.05. The Hall–Kier alpha value is -2.33. The van der Waals surface area contributed by atoms with Crippen molar-refractivity contribution in [2.45, 2.75) is 13.0 Å². The molecule has 0 unspecified atom stereocenters. The van der Waals surface area contributed by atoms with Crippen molar-refractivity contribution in [2.75, 3.05) is 6.61 Å². The van der Waals surface area contributed by atoms with Crippen LogP contribution in [0.15, 0.2) is 54.6 Å². The first-order valence-electron chi connectivity index (χ1n) is 6.73. The van der Waals surface area contributed by atoms with Crippen LogP contribution in [0.1, 0.15) is 17.3 Å². The fraction of sp³-hybridized carbons (Fsp3) is 0.176. The topological polar surface area (TPSA) is 52.6 Å². The van der Waals surface area contributed by atoms with Gasteiger partial charge >= 0.3 is 5.97 Å². The molecule has 0 N–H and O–H groups in total. The van der Waals surface area contributed by atoms with Gasteiger partial charge in [0.1, 0.15) is 5.75 Å². The van der Waals surface area contributed by atoms with E-state index in [1.54, 1.807) is 55.5 Å². The lowest BCUT2D eigenvalue weighted by Gasteiger charge is -2.13. The maximum absolute atomic E-state index is 11.9. The van der Waals surface area contributed by atoms with Gasteiger partial charge in [-0.2, -0.15) is 0 Å². The molecule has 0 aromatic heterocycles. The van der Waals surface area contributed by atoms with Crippen LogP contribution in [0, 0.1) is 0 Å². The Morgan fingerprint density at radius 2 is 1.68 bits per heavy atom. The van der Waals surface area contributed by atoms with Crippen LogP contribution >= 0.6 is 11.6 Å². The number of carbonyl (C=O) groups excluding carboxylic acids is 2. The summed E-state index contributed by atoms with van der Waals surface area (Å²) in [6.07, 6.45) is -0.791. The number of benzene rings is 2. The summed E-state index contributed by atoms with van der Waals surface area (Å²) in [4.78, 5) is 23.7. The van der Waals surface area contributed by atoms with Crippen LogP contribution in [-0.2, 0) is 9.53 Å². The van der Waals surface area contributed by atoms with Crippen LogP contribution in [0.2, 0.25) is 5.02 Å². The zero-order valence-electron chi connectivity index (χ0n) is 12.0. The maximum Gasteiger partial charge on any atom is 0.347 e. The van der Waals surface area contributed by atoms with Gasteiger partial charge in [-0.1, -0.05) is 29.8 Å². The molecule has 0 aliphatic rings. The van der Waals surface area contributed by atoms with E-state index in [4.69, 9.17) is 21.1 Å². The molecule has 0 aliphatic heterocycles. The van der Waals surface area contributed by atoms with Crippen LogP contribution < -0.4 is 4.74 Å². The van der Waals surface area contributed by atoms with E-state index in [1.807, 2.05) is 6.07 Å². The number of ketones is 1. The Morgan fingerprint density at radius 1 is 1.05 bits per heavy atom. The zero-order valence-corrected chi connectivity index (χ0v) is 12.7. The number of hydrogen-bond donors (Lipinski definition) is 0. The summed E-state index contributed by atoms with van der Waals surface area (Å²) in [6, 6.07) is 15.3. The summed E-state index contributed by atoms with van der Waals surface area (Å²) in [5, 5.41) is 0.540. The Kier molecular flexibility index (Phi) is 5.55. The van der Waals surface area contributed by atoms with E-state index in [1.165, 1.54) is 0 Å². The fourth-order valence-corrected chi connectivity index (χ4v) is 1.85. The highest BCUT2D eigenvalue weighted by Gasteiger charge is 2.18. The average Bonchev–Trinajstić information content (AvgIpc) is 2.53. The van der Waals surface area contributed by atoms with Gasteiger partial charge in [0.05, 0.1) is 0 Å². The van der Waals surface area contributed by atoms with E-state index in [0.29, 0.717) is 16.3 Å². The number of halogens is 1. The highest BCUT2D eigenvalue weighted by atomic mass is 35.5. The van der Waals surface area contributed by atoms with E-state index < -0.39 is 12.1 Å². The molecule has 0 bridgehead atoms. The van der Waals surface area contributed by atoms with Crippen LogP contribution in [0.25, 0.3) is 0 Å². The van der Waals surface area contributed by atoms with Crippen LogP contribution in [-0.4, -0.2) is 24.5 Å². The van der Waals surface area contributed by atoms with Gasteiger partial charge in [-0.05, 0) is 43.3 Å². The predicted octanol–water partition coefficient (Wildman–Crippen LogP) is 3.53. The van der Waals surface area contributed by atoms with Gasteiger partial charge in [-0.3, -0.25) is 4.79 Å². The molecule has 0 radical (unpaired) electrons. The Bertz CT molecular complexity index is 637. The van der Waals surface area contributed by atoms with Crippen LogP contribution in [0.4, 0.5) is 0 Å². The SMILES string of the molecule is C[C@@H](Oc1ccccc1)C(=O)OCC(=O)c1ccc(Cl)cc1. The molecule has 4 nitrogen and oxygen atoms in total. The van der Waals surface area contributed by atoms with Crippen molar-refractivity contribution in [3.05, 3.63) is 65.2 Å². The molecule has 0 aliphatic carbocycles. The third-order valence-electron chi connectivity index (χ3n) is 2.90. The van der Waals surface area contributed by atoms with Crippen molar-refractivity contribution < 1.29 is 19.1 Å². The number of para-hydroxylation sites is 1. The summed E-state index contributed by atoms with van der Waals surface area (Å²) in [6.45, 7) is 1.24. The number of ether oxygens (including phenoxy) is 2. The van der Waals surface area contributed by atoms with E-state index in [9.17, 15) is 9.59 Å². The first-order valence-corrected chi connectivity index (χ1v) is 7.11. The van der Waals surface area contributed by atoms with Crippen molar-refractivity contribution in [1.29, 1.82) is 0 Å². The minimum atomic E-state index is -0.791. The molecule has 114 valence electrons. The second-order valence-electron chi connectivity index (χ2n) is 4.61. The first kappa shape index (κ1) is 16.0. The minimum Gasteiger partial charge on any atom is -0.479 e. The average molecular weight is 319 g/mol. The predicted molar refractivity (Wildman–Crippen MR) is 83.3 cm³/mol. The number of carbonyl (C=O) groups is 2. The van der Waals surface area contributed by atoms with Gasteiger partial charge in [-0.15, -0.1) is 0 Å². The zero-order chi connectivity index (χ0) is 15.9. The quantitative estimate of drug-likeness (QED) is 0.604. The molecule has 2 aromatic carbocycles. The summed E-state index contributed by atoms with van der Waals surface area (Å²) in [7, 11) is 0. The van der Waals surface area contributed by atoms with E-state index in [2.05, 4.69) is 0 Å². The highest BCUT2D eigenvalue weighted by Crippen LogP contribution is 2.12. The molecule has 5 heteroatoms. The van der Waals surface area contributed by atoms with E-state index >= 15 is 0 Å². The van der Waals surface area contributed by atoms with E-state index in [0.717, 1.165) is 0 Å². The number of Topliss-reactive ketones (excluding diaryl/α,β-unsaturated/α-hetero) is 1. The number of hydrogen-bond acceptors (Lipinski definition) is 4. The normalized spacial score (nSPS) is 11.5. The van der Waals surface area contributed by atoms with Gasteiger partial charge in [-0.25, -0.2) is 4.79 Å². The molecule has 2 rings (SSSR count). The number of esters is 1. The van der Waals surface area contributed by atoms with Gasteiger partial charge in [0.15, 0.2) is 18.5 Å². The minimum absolute atomic E-state index is 0.295. The van der Waals surface area contributed by atoms with E-state index in [-0.39, 0.29) is 12.4 Å². The second kappa shape index (κ2) is 7.61. The third-order valence-corrected chi connectivity index (χ3v) is 3.15.